The minimum atomic E-state index is -0.140. The van der Waals surface area contributed by atoms with Gasteiger partial charge in [-0.3, -0.25) is 0 Å². The molecule has 0 spiro atoms. The summed E-state index contributed by atoms with van der Waals surface area (Å²) in [5.41, 5.74) is 1.28. The highest BCUT2D eigenvalue weighted by Crippen LogP contribution is 2.19. The van der Waals surface area contributed by atoms with E-state index in [4.69, 9.17) is 0 Å². The molecule has 2 atom stereocenters. The van der Waals surface area contributed by atoms with Crippen LogP contribution in [0, 0.1) is 0 Å². The van der Waals surface area contributed by atoms with Crippen LogP contribution < -0.4 is 5.32 Å². The molecule has 0 heterocycles. The number of hydrogen-bond acceptors (Lipinski definition) is 2. The Labute approximate surface area is 85.0 Å². The lowest BCUT2D eigenvalue weighted by Crippen LogP contribution is -2.34. The number of rotatable bonds is 3. The summed E-state index contributed by atoms with van der Waals surface area (Å²) in [5, 5.41) is 13.0. The van der Waals surface area contributed by atoms with Crippen molar-refractivity contribution in [2.75, 3.05) is 0 Å². The molecule has 0 aromatic heterocycles. The summed E-state index contributed by atoms with van der Waals surface area (Å²) in [6.45, 7) is 0.864. The normalized spacial score (nSPS) is 26.6. The molecule has 1 aliphatic carbocycles. The minimum Gasteiger partial charge on any atom is -0.392 e. The fourth-order valence-electron chi connectivity index (χ4n) is 2.02. The molecule has 0 saturated heterocycles. The van der Waals surface area contributed by atoms with E-state index in [-0.39, 0.29) is 6.10 Å². The molecule has 2 nitrogen and oxygen atoms in total. The smallest absolute Gasteiger partial charge is 0.0693 e. The van der Waals surface area contributed by atoms with Crippen LogP contribution in [0.4, 0.5) is 0 Å². The van der Waals surface area contributed by atoms with E-state index in [1.165, 1.54) is 5.56 Å². The second kappa shape index (κ2) is 4.58. The highest BCUT2D eigenvalue weighted by Gasteiger charge is 2.24. The van der Waals surface area contributed by atoms with Crippen LogP contribution in [0.3, 0.4) is 0 Å². The quantitative estimate of drug-likeness (QED) is 0.762. The van der Waals surface area contributed by atoms with Crippen molar-refractivity contribution in [3.63, 3.8) is 0 Å². The lowest BCUT2D eigenvalue weighted by molar-refractivity contribution is 0.148. The zero-order valence-corrected chi connectivity index (χ0v) is 8.32. The second-order valence-corrected chi connectivity index (χ2v) is 3.97. The summed E-state index contributed by atoms with van der Waals surface area (Å²) in [4.78, 5) is 0. The van der Waals surface area contributed by atoms with Gasteiger partial charge in [-0.15, -0.1) is 0 Å². The van der Waals surface area contributed by atoms with Crippen molar-refractivity contribution in [1.29, 1.82) is 0 Å². The molecule has 0 bridgehead atoms. The largest absolute Gasteiger partial charge is 0.392 e. The first-order valence-corrected chi connectivity index (χ1v) is 5.31. The molecule has 76 valence electrons. The maximum Gasteiger partial charge on any atom is 0.0693 e. The molecule has 2 N–H and O–H groups in total. The van der Waals surface area contributed by atoms with E-state index in [1.807, 2.05) is 18.2 Å². The average molecular weight is 191 g/mol. The maximum absolute atomic E-state index is 9.60. The first-order chi connectivity index (χ1) is 6.86. The predicted octanol–water partition coefficient (Wildman–Crippen LogP) is 1.69. The van der Waals surface area contributed by atoms with Crippen molar-refractivity contribution in [3.8, 4) is 0 Å². The van der Waals surface area contributed by atoms with Gasteiger partial charge in [0.25, 0.3) is 0 Å². The Hall–Kier alpha value is -0.860. The van der Waals surface area contributed by atoms with Gasteiger partial charge < -0.3 is 10.4 Å². The van der Waals surface area contributed by atoms with E-state index in [2.05, 4.69) is 17.4 Å². The minimum absolute atomic E-state index is 0.140. The number of benzene rings is 1. The predicted molar refractivity (Wildman–Crippen MR) is 56.9 cm³/mol. The summed E-state index contributed by atoms with van der Waals surface area (Å²) in [7, 11) is 0. The number of aliphatic hydroxyl groups excluding tert-OH is 1. The van der Waals surface area contributed by atoms with E-state index < -0.39 is 0 Å². The van der Waals surface area contributed by atoms with Crippen LogP contribution in [0.15, 0.2) is 30.3 Å². The molecule has 14 heavy (non-hydrogen) atoms. The van der Waals surface area contributed by atoms with Crippen LogP contribution >= 0.6 is 0 Å². The summed E-state index contributed by atoms with van der Waals surface area (Å²) in [6, 6.07) is 10.6. The Kier molecular flexibility index (Phi) is 3.17. The van der Waals surface area contributed by atoms with Crippen LogP contribution in [-0.4, -0.2) is 17.3 Å². The van der Waals surface area contributed by atoms with Gasteiger partial charge in [0.2, 0.25) is 0 Å². The number of nitrogens with one attached hydrogen (secondary N) is 1. The molecule has 1 aromatic carbocycles. The molecule has 1 fully saturated rings. The Bertz CT molecular complexity index is 273. The van der Waals surface area contributed by atoms with Crippen LogP contribution in [-0.2, 0) is 6.54 Å². The van der Waals surface area contributed by atoms with Crippen LogP contribution in [0.1, 0.15) is 24.8 Å². The van der Waals surface area contributed by atoms with Gasteiger partial charge in [-0.1, -0.05) is 30.3 Å². The third-order valence-corrected chi connectivity index (χ3v) is 2.89. The van der Waals surface area contributed by atoms with Crippen molar-refractivity contribution >= 4 is 0 Å². The second-order valence-electron chi connectivity index (χ2n) is 3.97. The first kappa shape index (κ1) is 9.69. The van der Waals surface area contributed by atoms with Crippen molar-refractivity contribution in [2.45, 2.75) is 38.0 Å². The van der Waals surface area contributed by atoms with Gasteiger partial charge in [0.15, 0.2) is 0 Å². The molecule has 0 amide bonds. The molecule has 2 heteroatoms. The topological polar surface area (TPSA) is 32.3 Å². The van der Waals surface area contributed by atoms with Gasteiger partial charge in [-0.2, -0.15) is 0 Å². The summed E-state index contributed by atoms with van der Waals surface area (Å²) >= 11 is 0. The van der Waals surface area contributed by atoms with Crippen LogP contribution in [0.5, 0.6) is 0 Å². The molecular formula is C12H17NO. The summed E-state index contributed by atoms with van der Waals surface area (Å²) in [6.07, 6.45) is 3.06. The monoisotopic (exact) mass is 191 g/mol. The fraction of sp³-hybridized carbons (Fsp3) is 0.500. The van der Waals surface area contributed by atoms with Gasteiger partial charge in [0.05, 0.1) is 6.10 Å². The third kappa shape index (κ3) is 2.34. The zero-order valence-electron chi connectivity index (χ0n) is 8.32. The zero-order chi connectivity index (χ0) is 9.80. The molecule has 1 aliphatic rings. The van der Waals surface area contributed by atoms with Gasteiger partial charge >= 0.3 is 0 Å². The highest BCUT2D eigenvalue weighted by atomic mass is 16.3. The Balaban J connectivity index is 1.82. The molecular weight excluding hydrogens is 174 g/mol. The van der Waals surface area contributed by atoms with Gasteiger partial charge in [0.1, 0.15) is 0 Å². The van der Waals surface area contributed by atoms with E-state index >= 15 is 0 Å². The highest BCUT2D eigenvalue weighted by molar-refractivity contribution is 5.14. The number of aliphatic hydroxyl groups is 1. The average Bonchev–Trinajstić information content (AvgIpc) is 2.63. The standard InChI is InChI=1S/C12H17NO/c14-12-8-4-7-11(12)13-9-10-5-2-1-3-6-10/h1-3,5-6,11-14H,4,7-9H2/t11-,12+/m1/s1. The lowest BCUT2D eigenvalue weighted by Gasteiger charge is -2.16. The van der Waals surface area contributed by atoms with Crippen LogP contribution in [0.2, 0.25) is 0 Å². The van der Waals surface area contributed by atoms with Gasteiger partial charge in [0, 0.05) is 12.6 Å². The molecule has 2 rings (SSSR count). The number of hydrogen-bond donors (Lipinski definition) is 2. The molecule has 1 aromatic rings. The summed E-state index contributed by atoms with van der Waals surface area (Å²) in [5.74, 6) is 0. The van der Waals surface area contributed by atoms with Crippen molar-refractivity contribution in [3.05, 3.63) is 35.9 Å². The summed E-state index contributed by atoms with van der Waals surface area (Å²) < 4.78 is 0. The third-order valence-electron chi connectivity index (χ3n) is 2.89. The van der Waals surface area contributed by atoms with E-state index in [0.717, 1.165) is 25.8 Å². The Morgan fingerprint density at radius 1 is 1.21 bits per heavy atom. The van der Waals surface area contributed by atoms with Crippen LogP contribution in [0.25, 0.3) is 0 Å². The van der Waals surface area contributed by atoms with E-state index in [9.17, 15) is 5.11 Å². The first-order valence-electron chi connectivity index (χ1n) is 5.31. The maximum atomic E-state index is 9.60. The van der Waals surface area contributed by atoms with Crippen molar-refractivity contribution < 1.29 is 5.11 Å². The van der Waals surface area contributed by atoms with Crippen molar-refractivity contribution in [1.82, 2.24) is 5.32 Å². The Morgan fingerprint density at radius 2 is 2.00 bits per heavy atom. The van der Waals surface area contributed by atoms with Gasteiger partial charge in [-0.25, -0.2) is 0 Å². The Morgan fingerprint density at radius 3 is 2.64 bits per heavy atom. The molecule has 0 aliphatic heterocycles. The molecule has 0 radical (unpaired) electrons. The van der Waals surface area contributed by atoms with Gasteiger partial charge in [-0.05, 0) is 24.8 Å². The fourth-order valence-corrected chi connectivity index (χ4v) is 2.02. The van der Waals surface area contributed by atoms with E-state index in [1.54, 1.807) is 0 Å². The van der Waals surface area contributed by atoms with Crippen molar-refractivity contribution in [2.24, 2.45) is 0 Å². The van der Waals surface area contributed by atoms with E-state index in [0.29, 0.717) is 6.04 Å². The molecule has 0 unspecified atom stereocenters. The molecule has 1 saturated carbocycles. The SMILES string of the molecule is O[C@H]1CCC[C@H]1NCc1ccccc1. The lowest BCUT2D eigenvalue weighted by atomic mass is 10.2.